The minimum Gasteiger partial charge on any atom is -0.100 e. The summed E-state index contributed by atoms with van der Waals surface area (Å²) < 4.78 is 0. The second-order valence-corrected chi connectivity index (χ2v) is 11.0. The van der Waals surface area contributed by atoms with E-state index in [4.69, 9.17) is 0 Å². The fourth-order valence-corrected chi connectivity index (χ4v) is 5.21. The van der Waals surface area contributed by atoms with E-state index >= 15 is 0 Å². The van der Waals surface area contributed by atoms with Crippen LogP contribution >= 0.6 is 0 Å². The van der Waals surface area contributed by atoms with Crippen molar-refractivity contribution < 1.29 is 0 Å². The number of allylic oxidation sites excluding steroid dienone is 1. The molecule has 1 atom stereocenters. The van der Waals surface area contributed by atoms with Crippen molar-refractivity contribution in [2.24, 2.45) is 5.92 Å². The van der Waals surface area contributed by atoms with Gasteiger partial charge in [0.05, 0.1) is 0 Å². The molecular weight excluding hydrogens is 384 g/mol. The van der Waals surface area contributed by atoms with Crippen LogP contribution in [0.3, 0.4) is 0 Å². The van der Waals surface area contributed by atoms with Crippen molar-refractivity contribution in [1.29, 1.82) is 0 Å². The van der Waals surface area contributed by atoms with Crippen LogP contribution < -0.4 is 0 Å². The van der Waals surface area contributed by atoms with E-state index < -0.39 is 0 Å². The maximum atomic E-state index is 4.21. The summed E-state index contributed by atoms with van der Waals surface area (Å²) in [7, 11) is 0. The molecule has 0 rings (SSSR count). The molecule has 32 heavy (non-hydrogen) atoms. The first-order valence-electron chi connectivity index (χ1n) is 15.3. The molecule has 0 spiro atoms. The standard InChI is InChI=1S/C32H64/c1-5-7-9-11-13-15-17-19-21-23-25-27-29-32(30-31(3)4)28-26-24-22-20-18-16-14-12-10-8-6-2/h32H,3,5-30H2,1-2,4H3. The minimum absolute atomic E-state index is 0.911. The Morgan fingerprint density at radius 3 is 0.938 bits per heavy atom. The summed E-state index contributed by atoms with van der Waals surface area (Å²) in [4.78, 5) is 0. The molecule has 0 nitrogen and oxygen atoms in total. The molecule has 0 amide bonds. The van der Waals surface area contributed by atoms with Crippen molar-refractivity contribution in [3.8, 4) is 0 Å². The number of rotatable bonds is 27. The molecule has 0 aliphatic carbocycles. The van der Waals surface area contributed by atoms with Gasteiger partial charge >= 0.3 is 0 Å². The lowest BCUT2D eigenvalue weighted by atomic mass is 9.89. The molecule has 0 fully saturated rings. The summed E-state index contributed by atoms with van der Waals surface area (Å²) in [6, 6.07) is 0. The fraction of sp³-hybridized carbons (Fsp3) is 0.938. The Balaban J connectivity index is 3.53. The van der Waals surface area contributed by atoms with Crippen LogP contribution in [-0.2, 0) is 0 Å². The van der Waals surface area contributed by atoms with Crippen LogP contribution in [0.5, 0.6) is 0 Å². The van der Waals surface area contributed by atoms with E-state index in [1.165, 1.54) is 173 Å². The molecule has 0 N–H and O–H groups in total. The van der Waals surface area contributed by atoms with E-state index in [2.05, 4.69) is 27.4 Å². The van der Waals surface area contributed by atoms with Gasteiger partial charge in [0.2, 0.25) is 0 Å². The molecule has 0 aromatic heterocycles. The molecule has 0 aromatic carbocycles. The van der Waals surface area contributed by atoms with E-state index in [0.29, 0.717) is 0 Å². The third kappa shape index (κ3) is 26.0. The zero-order valence-electron chi connectivity index (χ0n) is 23.2. The van der Waals surface area contributed by atoms with E-state index in [9.17, 15) is 0 Å². The van der Waals surface area contributed by atoms with Crippen LogP contribution in [0.2, 0.25) is 0 Å². The first kappa shape index (κ1) is 31.7. The maximum absolute atomic E-state index is 4.21. The Kier molecular flexibility index (Phi) is 26.8. The molecule has 192 valence electrons. The normalized spacial score (nSPS) is 12.3. The highest BCUT2D eigenvalue weighted by molar-refractivity contribution is 4.90. The lowest BCUT2D eigenvalue weighted by Gasteiger charge is -2.17. The zero-order chi connectivity index (χ0) is 23.5. The average molecular weight is 449 g/mol. The lowest BCUT2D eigenvalue weighted by molar-refractivity contribution is 0.399. The highest BCUT2D eigenvalue weighted by Crippen LogP contribution is 2.25. The van der Waals surface area contributed by atoms with Gasteiger partial charge in [-0.3, -0.25) is 0 Å². The first-order chi connectivity index (χ1) is 15.7. The van der Waals surface area contributed by atoms with Crippen LogP contribution in [0.1, 0.15) is 188 Å². The van der Waals surface area contributed by atoms with Crippen LogP contribution in [0.4, 0.5) is 0 Å². The average Bonchev–Trinajstić information content (AvgIpc) is 2.77. The third-order valence-electron chi connectivity index (χ3n) is 7.32. The van der Waals surface area contributed by atoms with Crippen LogP contribution in [-0.4, -0.2) is 0 Å². The Labute approximate surface area is 205 Å². The Morgan fingerprint density at radius 2 is 0.688 bits per heavy atom. The fourth-order valence-electron chi connectivity index (χ4n) is 5.21. The summed E-state index contributed by atoms with van der Waals surface area (Å²) in [6.07, 6.45) is 37.6. The summed E-state index contributed by atoms with van der Waals surface area (Å²) >= 11 is 0. The van der Waals surface area contributed by atoms with Crippen molar-refractivity contribution in [3.05, 3.63) is 12.2 Å². The lowest BCUT2D eigenvalue weighted by Crippen LogP contribution is -2.02. The van der Waals surface area contributed by atoms with Gasteiger partial charge in [0.15, 0.2) is 0 Å². The minimum atomic E-state index is 0.911. The van der Waals surface area contributed by atoms with Crippen LogP contribution in [0.25, 0.3) is 0 Å². The second-order valence-electron chi connectivity index (χ2n) is 11.0. The smallest absolute Gasteiger partial charge is 0.0297 e. The van der Waals surface area contributed by atoms with Gasteiger partial charge in [-0.25, -0.2) is 0 Å². The van der Waals surface area contributed by atoms with Gasteiger partial charge in [-0.05, 0) is 19.3 Å². The predicted molar refractivity (Wildman–Crippen MR) is 150 cm³/mol. The number of hydrogen-bond donors (Lipinski definition) is 0. The van der Waals surface area contributed by atoms with Crippen molar-refractivity contribution in [2.45, 2.75) is 188 Å². The van der Waals surface area contributed by atoms with E-state index in [1.54, 1.807) is 0 Å². The van der Waals surface area contributed by atoms with Gasteiger partial charge < -0.3 is 0 Å². The third-order valence-corrected chi connectivity index (χ3v) is 7.32. The number of unbranched alkanes of at least 4 members (excludes halogenated alkanes) is 21. The van der Waals surface area contributed by atoms with Crippen molar-refractivity contribution >= 4 is 0 Å². The Morgan fingerprint density at radius 1 is 0.438 bits per heavy atom. The van der Waals surface area contributed by atoms with Crippen molar-refractivity contribution in [3.63, 3.8) is 0 Å². The molecule has 0 saturated carbocycles. The monoisotopic (exact) mass is 449 g/mol. The molecule has 0 aliphatic rings. The van der Waals surface area contributed by atoms with Gasteiger partial charge in [0.1, 0.15) is 0 Å². The molecule has 0 radical (unpaired) electrons. The summed E-state index contributed by atoms with van der Waals surface area (Å²) in [5.41, 5.74) is 1.40. The highest BCUT2D eigenvalue weighted by atomic mass is 14.1. The second kappa shape index (κ2) is 27.0. The molecular formula is C32H64. The molecule has 0 bridgehead atoms. The molecule has 0 saturated heterocycles. The summed E-state index contributed by atoms with van der Waals surface area (Å²) in [5, 5.41) is 0. The van der Waals surface area contributed by atoms with Gasteiger partial charge in [-0.1, -0.05) is 180 Å². The van der Waals surface area contributed by atoms with Gasteiger partial charge in [0, 0.05) is 0 Å². The Hall–Kier alpha value is -0.260. The maximum Gasteiger partial charge on any atom is -0.0297 e. The molecule has 0 heteroatoms. The van der Waals surface area contributed by atoms with Crippen LogP contribution in [0.15, 0.2) is 12.2 Å². The van der Waals surface area contributed by atoms with E-state index in [0.717, 1.165) is 5.92 Å². The van der Waals surface area contributed by atoms with Gasteiger partial charge in [-0.2, -0.15) is 0 Å². The molecule has 1 unspecified atom stereocenters. The van der Waals surface area contributed by atoms with Gasteiger partial charge in [-0.15, -0.1) is 6.58 Å². The summed E-state index contributed by atoms with van der Waals surface area (Å²) in [5.74, 6) is 0.911. The quantitative estimate of drug-likeness (QED) is 0.0865. The first-order valence-corrected chi connectivity index (χ1v) is 15.3. The highest BCUT2D eigenvalue weighted by Gasteiger charge is 2.09. The van der Waals surface area contributed by atoms with Crippen molar-refractivity contribution in [2.75, 3.05) is 0 Å². The molecule has 0 aromatic rings. The largest absolute Gasteiger partial charge is 0.100 e. The molecule has 0 heterocycles. The predicted octanol–water partition coefficient (Wildman–Crippen LogP) is 12.4. The molecule has 0 aliphatic heterocycles. The zero-order valence-corrected chi connectivity index (χ0v) is 23.2. The van der Waals surface area contributed by atoms with Crippen LogP contribution in [0, 0.1) is 5.92 Å². The van der Waals surface area contributed by atoms with Gasteiger partial charge in [0.25, 0.3) is 0 Å². The summed E-state index contributed by atoms with van der Waals surface area (Å²) in [6.45, 7) is 11.1. The number of hydrogen-bond acceptors (Lipinski definition) is 0. The topological polar surface area (TPSA) is 0 Å². The Bertz CT molecular complexity index is 355. The van der Waals surface area contributed by atoms with Crippen molar-refractivity contribution in [1.82, 2.24) is 0 Å². The van der Waals surface area contributed by atoms with E-state index in [-0.39, 0.29) is 0 Å². The SMILES string of the molecule is C=C(C)CC(CCCCCCCCCCCCC)CCCCCCCCCCCCCC. The van der Waals surface area contributed by atoms with E-state index in [1.807, 2.05) is 0 Å².